The maximum Gasteiger partial charge on any atom is 0.418 e. The number of nitrogen functional groups attached to an aromatic ring is 1. The molecule has 1 fully saturated rings. The largest absolute Gasteiger partial charge is 0.418 e. The third-order valence-electron chi connectivity index (χ3n) is 3.23. The maximum absolute atomic E-state index is 12.8. The SMILES string of the molecule is Nc1c(Br)cc(C(N)(O)CC2CC2)cc1C(F)(F)F. The molecule has 0 heterocycles. The van der Waals surface area contributed by atoms with Gasteiger partial charge in [-0.25, -0.2) is 0 Å². The fourth-order valence-electron chi connectivity index (χ4n) is 1.98. The van der Waals surface area contributed by atoms with Gasteiger partial charge in [-0.3, -0.25) is 5.73 Å². The standard InChI is InChI=1S/C12H14BrF3N2O/c13-9-4-7(11(18,19)5-6-1-2-6)3-8(10(9)17)12(14,15)16/h3-4,6,19H,1-2,5,17-18H2. The van der Waals surface area contributed by atoms with Crippen molar-refractivity contribution in [3.8, 4) is 0 Å². The van der Waals surface area contributed by atoms with E-state index >= 15 is 0 Å². The van der Waals surface area contributed by atoms with Gasteiger partial charge in [0, 0.05) is 4.47 Å². The number of anilines is 1. The Labute approximate surface area is 116 Å². The first-order valence-corrected chi connectivity index (χ1v) is 6.58. The van der Waals surface area contributed by atoms with Gasteiger partial charge in [-0.2, -0.15) is 13.2 Å². The van der Waals surface area contributed by atoms with Gasteiger partial charge in [0.15, 0.2) is 0 Å². The van der Waals surface area contributed by atoms with Gasteiger partial charge in [0.05, 0.1) is 11.3 Å². The minimum atomic E-state index is -4.59. The van der Waals surface area contributed by atoms with Gasteiger partial charge in [-0.1, -0.05) is 12.8 Å². The lowest BCUT2D eigenvalue weighted by molar-refractivity contribution is -0.137. The average Bonchev–Trinajstić information content (AvgIpc) is 3.03. The van der Waals surface area contributed by atoms with Crippen LogP contribution in [0.4, 0.5) is 18.9 Å². The molecule has 0 aliphatic heterocycles. The average molecular weight is 339 g/mol. The second kappa shape index (κ2) is 4.64. The summed E-state index contributed by atoms with van der Waals surface area (Å²) >= 11 is 2.97. The van der Waals surface area contributed by atoms with Crippen molar-refractivity contribution in [3.05, 3.63) is 27.7 Å². The van der Waals surface area contributed by atoms with Crippen LogP contribution >= 0.6 is 15.9 Å². The summed E-state index contributed by atoms with van der Waals surface area (Å²) in [7, 11) is 0. The molecule has 7 heteroatoms. The molecule has 1 unspecified atom stereocenters. The zero-order valence-corrected chi connectivity index (χ0v) is 11.6. The molecule has 0 bridgehead atoms. The highest BCUT2D eigenvalue weighted by Gasteiger charge is 2.38. The molecule has 5 N–H and O–H groups in total. The van der Waals surface area contributed by atoms with Gasteiger partial charge >= 0.3 is 6.18 Å². The van der Waals surface area contributed by atoms with Crippen LogP contribution in [0.25, 0.3) is 0 Å². The van der Waals surface area contributed by atoms with Crippen LogP contribution in [-0.2, 0) is 11.9 Å². The van der Waals surface area contributed by atoms with Crippen molar-refractivity contribution in [1.29, 1.82) is 0 Å². The van der Waals surface area contributed by atoms with Gasteiger partial charge in [-0.05, 0) is 46.0 Å². The van der Waals surface area contributed by atoms with Crippen LogP contribution in [0.5, 0.6) is 0 Å². The molecule has 1 saturated carbocycles. The van der Waals surface area contributed by atoms with Crippen LogP contribution in [0, 0.1) is 5.92 Å². The highest BCUT2D eigenvalue weighted by Crippen LogP contribution is 2.42. The summed E-state index contributed by atoms with van der Waals surface area (Å²) in [5.41, 5.74) is 8.00. The summed E-state index contributed by atoms with van der Waals surface area (Å²) in [6.07, 6.45) is -2.44. The zero-order chi connectivity index (χ0) is 14.4. The van der Waals surface area contributed by atoms with Gasteiger partial charge < -0.3 is 10.8 Å². The first kappa shape index (κ1) is 14.6. The Morgan fingerprint density at radius 1 is 1.32 bits per heavy atom. The lowest BCUT2D eigenvalue weighted by Crippen LogP contribution is -2.37. The quantitative estimate of drug-likeness (QED) is 0.586. The summed E-state index contributed by atoms with van der Waals surface area (Å²) in [4.78, 5) is 0. The van der Waals surface area contributed by atoms with E-state index in [1.807, 2.05) is 0 Å². The Balaban J connectivity index is 2.43. The van der Waals surface area contributed by atoms with E-state index in [2.05, 4.69) is 15.9 Å². The van der Waals surface area contributed by atoms with Crippen LogP contribution in [0.3, 0.4) is 0 Å². The van der Waals surface area contributed by atoms with Gasteiger partial charge in [0.1, 0.15) is 5.72 Å². The Hall–Kier alpha value is -0.790. The summed E-state index contributed by atoms with van der Waals surface area (Å²) in [5, 5.41) is 10.2. The summed E-state index contributed by atoms with van der Waals surface area (Å²) in [6.45, 7) is 0. The highest BCUT2D eigenvalue weighted by atomic mass is 79.9. The van der Waals surface area contributed by atoms with E-state index in [1.54, 1.807) is 0 Å². The molecule has 0 radical (unpaired) electrons. The number of benzene rings is 1. The van der Waals surface area contributed by atoms with Crippen LogP contribution in [0.2, 0.25) is 0 Å². The maximum atomic E-state index is 12.8. The summed E-state index contributed by atoms with van der Waals surface area (Å²) < 4.78 is 38.6. The molecule has 0 amide bonds. The molecule has 1 aliphatic carbocycles. The molecule has 106 valence electrons. The normalized spacial score (nSPS) is 19.3. The fraction of sp³-hybridized carbons (Fsp3) is 0.500. The third-order valence-corrected chi connectivity index (χ3v) is 3.89. The lowest BCUT2D eigenvalue weighted by atomic mass is 9.95. The number of nitrogens with two attached hydrogens (primary N) is 2. The van der Waals surface area contributed by atoms with E-state index in [9.17, 15) is 18.3 Å². The Kier molecular flexibility index (Phi) is 3.57. The van der Waals surface area contributed by atoms with Gasteiger partial charge in [0.25, 0.3) is 0 Å². The Bertz CT molecular complexity index is 498. The smallest absolute Gasteiger partial charge is 0.397 e. The van der Waals surface area contributed by atoms with Crippen molar-refractivity contribution in [1.82, 2.24) is 0 Å². The summed E-state index contributed by atoms with van der Waals surface area (Å²) in [6, 6.07) is 2.16. The minimum absolute atomic E-state index is 0.0211. The van der Waals surface area contributed by atoms with Gasteiger partial charge in [-0.15, -0.1) is 0 Å². The van der Waals surface area contributed by atoms with Crippen molar-refractivity contribution < 1.29 is 18.3 Å². The number of halogens is 4. The molecule has 0 aromatic heterocycles. The Morgan fingerprint density at radius 3 is 2.37 bits per heavy atom. The monoisotopic (exact) mass is 338 g/mol. The van der Waals surface area contributed by atoms with E-state index in [0.29, 0.717) is 0 Å². The molecule has 1 aromatic carbocycles. The van der Waals surface area contributed by atoms with Crippen molar-refractivity contribution in [2.75, 3.05) is 5.73 Å². The second-order valence-electron chi connectivity index (χ2n) is 4.99. The predicted molar refractivity (Wildman–Crippen MR) is 69.0 cm³/mol. The Morgan fingerprint density at radius 2 is 1.89 bits per heavy atom. The number of hydrogen-bond donors (Lipinski definition) is 3. The third kappa shape index (κ3) is 3.21. The summed E-state index contributed by atoms with van der Waals surface area (Å²) in [5.74, 6) is 0.278. The highest BCUT2D eigenvalue weighted by molar-refractivity contribution is 9.10. The van der Waals surface area contributed by atoms with E-state index in [-0.39, 0.29) is 22.4 Å². The molecule has 1 aromatic rings. The molecule has 0 spiro atoms. The second-order valence-corrected chi connectivity index (χ2v) is 5.84. The molecule has 3 nitrogen and oxygen atoms in total. The van der Waals surface area contributed by atoms with Crippen molar-refractivity contribution >= 4 is 21.6 Å². The minimum Gasteiger partial charge on any atom is -0.397 e. The molecule has 1 aliphatic rings. The van der Waals surface area contributed by atoms with Gasteiger partial charge in [0.2, 0.25) is 0 Å². The van der Waals surface area contributed by atoms with E-state index < -0.39 is 23.2 Å². The lowest BCUT2D eigenvalue weighted by Gasteiger charge is -2.25. The zero-order valence-electron chi connectivity index (χ0n) is 9.97. The van der Waals surface area contributed by atoms with Crippen molar-refractivity contribution in [3.63, 3.8) is 0 Å². The van der Waals surface area contributed by atoms with Crippen molar-refractivity contribution in [2.45, 2.75) is 31.2 Å². The molecular weight excluding hydrogens is 325 g/mol. The fourth-order valence-corrected chi connectivity index (χ4v) is 2.44. The van der Waals surface area contributed by atoms with Crippen LogP contribution in [0.15, 0.2) is 16.6 Å². The number of rotatable bonds is 3. The van der Waals surface area contributed by atoms with E-state index in [0.717, 1.165) is 18.9 Å². The molecule has 1 atom stereocenters. The predicted octanol–water partition coefficient (Wildman–Crippen LogP) is 2.95. The molecule has 0 saturated heterocycles. The molecule has 19 heavy (non-hydrogen) atoms. The van der Waals surface area contributed by atoms with E-state index in [4.69, 9.17) is 11.5 Å². The van der Waals surface area contributed by atoms with Crippen LogP contribution in [-0.4, -0.2) is 5.11 Å². The number of aliphatic hydroxyl groups is 1. The van der Waals surface area contributed by atoms with Crippen molar-refractivity contribution in [2.24, 2.45) is 11.7 Å². The van der Waals surface area contributed by atoms with Crippen LogP contribution in [0.1, 0.15) is 30.4 Å². The molecular formula is C12H14BrF3N2O. The first-order chi connectivity index (χ1) is 8.61. The molecule has 2 rings (SSSR count). The van der Waals surface area contributed by atoms with Crippen LogP contribution < -0.4 is 11.5 Å². The number of hydrogen-bond acceptors (Lipinski definition) is 3. The topological polar surface area (TPSA) is 72.3 Å². The van der Waals surface area contributed by atoms with E-state index in [1.165, 1.54) is 6.07 Å². The number of alkyl halides is 3. The first-order valence-electron chi connectivity index (χ1n) is 5.79.